The van der Waals surface area contributed by atoms with Gasteiger partial charge in [0, 0.05) is 12.8 Å². The van der Waals surface area contributed by atoms with E-state index in [1.807, 2.05) is 0 Å². The van der Waals surface area contributed by atoms with Gasteiger partial charge in [-0.05, 0) is 31.5 Å². The van der Waals surface area contributed by atoms with Crippen LogP contribution >= 0.6 is 0 Å². The molecule has 1 heterocycles. The monoisotopic (exact) mass is 255 g/mol. The highest BCUT2D eigenvalue weighted by atomic mass is 32.2. The van der Waals surface area contributed by atoms with Crippen LogP contribution in [0.5, 0.6) is 5.75 Å². The molecule has 2 rings (SSSR count). The molecule has 0 saturated carbocycles. The zero-order valence-corrected chi connectivity index (χ0v) is 10.7. The normalized spacial score (nSPS) is 21.1. The summed E-state index contributed by atoms with van der Waals surface area (Å²) in [6, 6.07) is 6.80. The zero-order valence-electron chi connectivity index (χ0n) is 9.85. The molecule has 1 aliphatic rings. The lowest BCUT2D eigenvalue weighted by molar-refractivity contribution is 0.163. The average molecular weight is 255 g/mol. The molecule has 4 nitrogen and oxygen atoms in total. The standard InChI is InChI=1S/C12H17NO3S/c1-17(14,15)12-7-3-2-6-11(12)16-10-5-4-8-13-9-10/h2-3,6-7,10,13H,4-5,8-9H2,1H3/t10-/m0/s1. The molecule has 17 heavy (non-hydrogen) atoms. The van der Waals surface area contributed by atoms with Crippen LogP contribution in [0.25, 0.3) is 0 Å². The first-order chi connectivity index (χ1) is 8.07. The van der Waals surface area contributed by atoms with Crippen molar-refractivity contribution in [3.05, 3.63) is 24.3 Å². The third kappa shape index (κ3) is 3.20. The van der Waals surface area contributed by atoms with Crippen molar-refractivity contribution in [2.24, 2.45) is 0 Å². The Hall–Kier alpha value is -1.07. The molecule has 0 aliphatic carbocycles. The summed E-state index contributed by atoms with van der Waals surface area (Å²) in [4.78, 5) is 0.269. The van der Waals surface area contributed by atoms with E-state index in [4.69, 9.17) is 4.74 Å². The van der Waals surface area contributed by atoms with Gasteiger partial charge in [0.1, 0.15) is 16.7 Å². The van der Waals surface area contributed by atoms with Crippen LogP contribution in [0.1, 0.15) is 12.8 Å². The number of benzene rings is 1. The number of piperidine rings is 1. The van der Waals surface area contributed by atoms with Crippen molar-refractivity contribution in [1.82, 2.24) is 5.32 Å². The second-order valence-electron chi connectivity index (χ2n) is 4.31. The van der Waals surface area contributed by atoms with Crippen LogP contribution in [0, 0.1) is 0 Å². The van der Waals surface area contributed by atoms with Gasteiger partial charge in [-0.1, -0.05) is 12.1 Å². The molecule has 1 N–H and O–H groups in total. The molecule has 0 spiro atoms. The third-order valence-corrected chi connectivity index (χ3v) is 3.93. The second kappa shape index (κ2) is 5.06. The second-order valence-corrected chi connectivity index (χ2v) is 6.29. The molecule has 0 bridgehead atoms. The summed E-state index contributed by atoms with van der Waals surface area (Å²) < 4.78 is 29.0. The van der Waals surface area contributed by atoms with Crippen molar-refractivity contribution in [3.63, 3.8) is 0 Å². The Labute approximate surface area is 102 Å². The maximum absolute atomic E-state index is 11.6. The minimum Gasteiger partial charge on any atom is -0.488 e. The first kappa shape index (κ1) is 12.4. The quantitative estimate of drug-likeness (QED) is 0.882. The SMILES string of the molecule is CS(=O)(=O)c1ccccc1O[C@H]1CCCNC1. The fourth-order valence-electron chi connectivity index (χ4n) is 1.95. The van der Waals surface area contributed by atoms with Crippen LogP contribution < -0.4 is 10.1 Å². The van der Waals surface area contributed by atoms with Crippen LogP contribution in [0.4, 0.5) is 0 Å². The molecule has 1 aromatic carbocycles. The lowest BCUT2D eigenvalue weighted by Gasteiger charge is -2.24. The maximum atomic E-state index is 11.6. The summed E-state index contributed by atoms with van der Waals surface area (Å²) in [6.07, 6.45) is 3.29. The Kier molecular flexibility index (Phi) is 3.69. The van der Waals surface area contributed by atoms with Crippen LogP contribution in [0.3, 0.4) is 0 Å². The number of nitrogens with one attached hydrogen (secondary N) is 1. The van der Waals surface area contributed by atoms with Gasteiger partial charge in [0.05, 0.1) is 0 Å². The van der Waals surface area contributed by atoms with Gasteiger partial charge in [-0.3, -0.25) is 0 Å². The first-order valence-corrected chi connectivity index (χ1v) is 7.63. The zero-order chi connectivity index (χ0) is 12.3. The van der Waals surface area contributed by atoms with Crippen LogP contribution in [0.15, 0.2) is 29.2 Å². The average Bonchev–Trinajstić information content (AvgIpc) is 2.30. The van der Waals surface area contributed by atoms with Crippen molar-refractivity contribution in [2.45, 2.75) is 23.8 Å². The third-order valence-electron chi connectivity index (χ3n) is 2.79. The summed E-state index contributed by atoms with van der Waals surface area (Å²) in [5.41, 5.74) is 0. The molecule has 0 aromatic heterocycles. The van der Waals surface area contributed by atoms with Gasteiger partial charge in [0.2, 0.25) is 0 Å². The summed E-state index contributed by atoms with van der Waals surface area (Å²) in [7, 11) is -3.23. The van der Waals surface area contributed by atoms with Crippen LogP contribution in [-0.4, -0.2) is 33.9 Å². The Morgan fingerprint density at radius 3 is 2.76 bits per heavy atom. The molecule has 0 unspecified atom stereocenters. The number of sulfone groups is 1. The fraction of sp³-hybridized carbons (Fsp3) is 0.500. The lowest BCUT2D eigenvalue weighted by Crippen LogP contribution is -2.37. The minimum absolute atomic E-state index is 0.0617. The molecule has 1 aliphatic heterocycles. The van der Waals surface area contributed by atoms with E-state index in [0.717, 1.165) is 25.9 Å². The molecule has 1 fully saturated rings. The largest absolute Gasteiger partial charge is 0.488 e. The number of ether oxygens (including phenoxy) is 1. The molecule has 1 atom stereocenters. The van der Waals surface area contributed by atoms with Crippen molar-refractivity contribution in [3.8, 4) is 5.75 Å². The Morgan fingerprint density at radius 1 is 1.35 bits per heavy atom. The number of hydrogen-bond donors (Lipinski definition) is 1. The molecular weight excluding hydrogens is 238 g/mol. The van der Waals surface area contributed by atoms with Gasteiger partial charge in [-0.25, -0.2) is 8.42 Å². The molecule has 0 radical (unpaired) electrons. The topological polar surface area (TPSA) is 55.4 Å². The summed E-state index contributed by atoms with van der Waals surface area (Å²) in [5.74, 6) is 0.462. The van der Waals surface area contributed by atoms with Gasteiger partial charge < -0.3 is 10.1 Å². The van der Waals surface area contributed by atoms with E-state index < -0.39 is 9.84 Å². The van der Waals surface area contributed by atoms with E-state index in [1.165, 1.54) is 6.26 Å². The van der Waals surface area contributed by atoms with Crippen LogP contribution in [0.2, 0.25) is 0 Å². The van der Waals surface area contributed by atoms with Crippen LogP contribution in [-0.2, 0) is 9.84 Å². The van der Waals surface area contributed by atoms with Crippen molar-refractivity contribution >= 4 is 9.84 Å². The summed E-state index contributed by atoms with van der Waals surface area (Å²) in [6.45, 7) is 1.78. The Morgan fingerprint density at radius 2 is 2.12 bits per heavy atom. The van der Waals surface area contributed by atoms with Crippen molar-refractivity contribution in [2.75, 3.05) is 19.3 Å². The predicted molar refractivity (Wildman–Crippen MR) is 66.1 cm³/mol. The molecular formula is C12H17NO3S. The molecule has 1 aromatic rings. The van der Waals surface area contributed by atoms with Gasteiger partial charge in [-0.2, -0.15) is 0 Å². The van der Waals surface area contributed by atoms with Gasteiger partial charge >= 0.3 is 0 Å². The number of hydrogen-bond acceptors (Lipinski definition) is 4. The van der Waals surface area contributed by atoms with E-state index >= 15 is 0 Å². The Bertz CT molecular complexity index is 478. The van der Waals surface area contributed by atoms with Gasteiger partial charge in [-0.15, -0.1) is 0 Å². The van der Waals surface area contributed by atoms with E-state index in [2.05, 4.69) is 5.32 Å². The maximum Gasteiger partial charge on any atom is 0.179 e. The number of rotatable bonds is 3. The van der Waals surface area contributed by atoms with E-state index in [9.17, 15) is 8.42 Å². The lowest BCUT2D eigenvalue weighted by atomic mass is 10.1. The van der Waals surface area contributed by atoms with Gasteiger partial charge in [0.15, 0.2) is 9.84 Å². The van der Waals surface area contributed by atoms with Gasteiger partial charge in [0.25, 0.3) is 0 Å². The highest BCUT2D eigenvalue weighted by molar-refractivity contribution is 7.90. The highest BCUT2D eigenvalue weighted by Gasteiger charge is 2.19. The summed E-state index contributed by atoms with van der Waals surface area (Å²) in [5, 5.41) is 3.24. The fourth-order valence-corrected chi connectivity index (χ4v) is 2.76. The number of para-hydroxylation sites is 1. The molecule has 94 valence electrons. The molecule has 5 heteroatoms. The predicted octanol–water partition coefficient (Wildman–Crippen LogP) is 1.22. The smallest absolute Gasteiger partial charge is 0.179 e. The highest BCUT2D eigenvalue weighted by Crippen LogP contribution is 2.25. The summed E-state index contributed by atoms with van der Waals surface area (Å²) >= 11 is 0. The van der Waals surface area contributed by atoms with E-state index in [0.29, 0.717) is 5.75 Å². The first-order valence-electron chi connectivity index (χ1n) is 5.74. The molecule has 0 amide bonds. The van der Waals surface area contributed by atoms with Crippen molar-refractivity contribution < 1.29 is 13.2 Å². The van der Waals surface area contributed by atoms with E-state index in [-0.39, 0.29) is 11.0 Å². The molecule has 1 saturated heterocycles. The van der Waals surface area contributed by atoms with E-state index in [1.54, 1.807) is 24.3 Å². The van der Waals surface area contributed by atoms with Crippen molar-refractivity contribution in [1.29, 1.82) is 0 Å². The Balaban J connectivity index is 2.20. The minimum atomic E-state index is -3.23.